The highest BCUT2D eigenvalue weighted by Crippen LogP contribution is 2.33. The van der Waals surface area contributed by atoms with Gasteiger partial charge in [-0.1, -0.05) is 6.92 Å². The Morgan fingerprint density at radius 1 is 1.14 bits per heavy atom. The fourth-order valence-electron chi connectivity index (χ4n) is 4.01. The molecule has 0 fully saturated rings. The number of carbonyl (C=O) groups is 2. The van der Waals surface area contributed by atoms with Gasteiger partial charge < -0.3 is 20.4 Å². The van der Waals surface area contributed by atoms with E-state index in [0.29, 0.717) is 28.6 Å². The Labute approximate surface area is 169 Å². The number of methoxy groups -OCH3 is 1. The molecule has 0 spiro atoms. The summed E-state index contributed by atoms with van der Waals surface area (Å²) in [5, 5.41) is 6.75. The maximum Gasteiger partial charge on any atom is 0.255 e. The van der Waals surface area contributed by atoms with E-state index in [4.69, 9.17) is 4.74 Å². The molecule has 4 rings (SSSR count). The third-order valence-corrected chi connectivity index (χ3v) is 5.46. The van der Waals surface area contributed by atoms with Crippen LogP contribution in [0.1, 0.15) is 41.9 Å². The number of H-pyrrole nitrogens is 1. The zero-order chi connectivity index (χ0) is 20.5. The topological polar surface area (TPSA) is 83.2 Å². The van der Waals surface area contributed by atoms with Crippen molar-refractivity contribution in [1.29, 1.82) is 0 Å². The second-order valence-electron chi connectivity index (χ2n) is 7.74. The molecule has 1 aliphatic carbocycles. The fourth-order valence-corrected chi connectivity index (χ4v) is 4.01. The molecule has 6 heteroatoms. The maximum atomic E-state index is 12.9. The van der Waals surface area contributed by atoms with Gasteiger partial charge in [-0.15, -0.1) is 0 Å². The maximum absolute atomic E-state index is 12.9. The van der Waals surface area contributed by atoms with Gasteiger partial charge in [-0.2, -0.15) is 0 Å². The number of ether oxygens (including phenoxy) is 1. The number of anilines is 2. The van der Waals surface area contributed by atoms with Crippen LogP contribution in [0.3, 0.4) is 0 Å². The number of aromatic nitrogens is 1. The lowest BCUT2D eigenvalue weighted by atomic mass is 9.87. The summed E-state index contributed by atoms with van der Waals surface area (Å²) in [5.41, 5.74) is 5.39. The lowest BCUT2D eigenvalue weighted by Crippen LogP contribution is -2.14. The lowest BCUT2D eigenvalue weighted by molar-refractivity contribution is -0.114. The lowest BCUT2D eigenvalue weighted by Gasteiger charge is -2.18. The third kappa shape index (κ3) is 3.83. The van der Waals surface area contributed by atoms with Crippen LogP contribution in [0.25, 0.3) is 10.9 Å². The Hall–Kier alpha value is -3.28. The van der Waals surface area contributed by atoms with Crippen LogP contribution in [0.4, 0.5) is 11.4 Å². The SMILES string of the molecule is COc1ccc(NC(C)=O)cc1NC(=O)c1ccc2[nH]c3c(c2c1)C[C@@H](C)CC3. The van der Waals surface area contributed by atoms with Gasteiger partial charge in [0.2, 0.25) is 5.91 Å². The average molecular weight is 391 g/mol. The van der Waals surface area contributed by atoms with Crippen molar-refractivity contribution in [3.63, 3.8) is 0 Å². The molecule has 150 valence electrons. The number of aryl methyl sites for hydroxylation is 1. The van der Waals surface area contributed by atoms with Gasteiger partial charge in [0.1, 0.15) is 5.75 Å². The van der Waals surface area contributed by atoms with Crippen LogP contribution in [-0.2, 0) is 17.6 Å². The summed E-state index contributed by atoms with van der Waals surface area (Å²) in [7, 11) is 1.54. The highest BCUT2D eigenvalue weighted by molar-refractivity contribution is 6.07. The molecule has 1 heterocycles. The predicted molar refractivity (Wildman–Crippen MR) is 115 cm³/mol. The second kappa shape index (κ2) is 7.62. The van der Waals surface area contributed by atoms with Gasteiger partial charge in [0.25, 0.3) is 5.91 Å². The van der Waals surface area contributed by atoms with E-state index in [1.165, 1.54) is 24.6 Å². The number of amides is 2. The molecule has 6 nitrogen and oxygen atoms in total. The van der Waals surface area contributed by atoms with E-state index in [9.17, 15) is 9.59 Å². The first kappa shape index (κ1) is 19.1. The first-order valence-corrected chi connectivity index (χ1v) is 9.85. The molecule has 3 aromatic rings. The number of hydrogen-bond acceptors (Lipinski definition) is 3. The van der Waals surface area contributed by atoms with Crippen LogP contribution >= 0.6 is 0 Å². The van der Waals surface area contributed by atoms with E-state index in [0.717, 1.165) is 23.7 Å². The minimum atomic E-state index is -0.219. The summed E-state index contributed by atoms with van der Waals surface area (Å²) in [5.74, 6) is 0.787. The molecular weight excluding hydrogens is 366 g/mol. The summed E-state index contributed by atoms with van der Waals surface area (Å²) in [6, 6.07) is 10.9. The van der Waals surface area contributed by atoms with E-state index >= 15 is 0 Å². The molecule has 0 unspecified atom stereocenters. The average Bonchev–Trinajstić information content (AvgIpc) is 3.05. The normalized spacial score (nSPS) is 15.6. The molecule has 3 N–H and O–H groups in total. The number of benzene rings is 2. The second-order valence-corrected chi connectivity index (χ2v) is 7.74. The van der Waals surface area contributed by atoms with E-state index in [2.05, 4.69) is 22.5 Å². The van der Waals surface area contributed by atoms with E-state index < -0.39 is 0 Å². The van der Waals surface area contributed by atoms with Crippen LogP contribution in [0.15, 0.2) is 36.4 Å². The molecule has 0 bridgehead atoms. The van der Waals surface area contributed by atoms with Crippen molar-refractivity contribution in [3.8, 4) is 5.75 Å². The Balaban J connectivity index is 1.64. The molecule has 1 atom stereocenters. The molecule has 29 heavy (non-hydrogen) atoms. The molecule has 2 aromatic carbocycles. The first-order chi connectivity index (χ1) is 13.9. The van der Waals surface area contributed by atoms with Gasteiger partial charge in [-0.25, -0.2) is 0 Å². The van der Waals surface area contributed by atoms with Crippen LogP contribution < -0.4 is 15.4 Å². The molecule has 2 amide bonds. The number of hydrogen-bond donors (Lipinski definition) is 3. The Morgan fingerprint density at radius 2 is 1.97 bits per heavy atom. The zero-order valence-electron chi connectivity index (χ0n) is 16.9. The van der Waals surface area contributed by atoms with Gasteiger partial charge in [0, 0.05) is 34.8 Å². The van der Waals surface area contributed by atoms with E-state index in [1.807, 2.05) is 18.2 Å². The van der Waals surface area contributed by atoms with Gasteiger partial charge in [0.15, 0.2) is 0 Å². The molecular formula is C23H25N3O3. The number of nitrogens with one attached hydrogen (secondary N) is 3. The fraction of sp³-hybridized carbons (Fsp3) is 0.304. The number of rotatable bonds is 4. The smallest absolute Gasteiger partial charge is 0.255 e. The molecule has 0 aliphatic heterocycles. The Kier molecular flexibility index (Phi) is 5.01. The highest BCUT2D eigenvalue weighted by atomic mass is 16.5. The first-order valence-electron chi connectivity index (χ1n) is 9.85. The van der Waals surface area contributed by atoms with Crippen molar-refractivity contribution in [2.45, 2.75) is 33.1 Å². The third-order valence-electron chi connectivity index (χ3n) is 5.46. The molecule has 1 aromatic heterocycles. The number of aromatic amines is 1. The summed E-state index contributed by atoms with van der Waals surface area (Å²) in [6.45, 7) is 3.71. The van der Waals surface area contributed by atoms with Gasteiger partial charge in [-0.05, 0) is 67.1 Å². The van der Waals surface area contributed by atoms with Crippen LogP contribution in [0, 0.1) is 5.92 Å². The minimum Gasteiger partial charge on any atom is -0.495 e. The van der Waals surface area contributed by atoms with Crippen LogP contribution in [0.2, 0.25) is 0 Å². The molecule has 0 radical (unpaired) electrons. The van der Waals surface area contributed by atoms with Crippen molar-refractivity contribution < 1.29 is 14.3 Å². The zero-order valence-corrected chi connectivity index (χ0v) is 16.9. The highest BCUT2D eigenvalue weighted by Gasteiger charge is 2.21. The quantitative estimate of drug-likeness (QED) is 0.612. The molecule has 0 saturated carbocycles. The predicted octanol–water partition coefficient (Wildman–Crippen LogP) is 4.51. The molecule has 1 aliphatic rings. The van der Waals surface area contributed by atoms with Crippen molar-refractivity contribution in [1.82, 2.24) is 4.98 Å². The Bertz CT molecular complexity index is 1100. The van der Waals surface area contributed by atoms with E-state index in [-0.39, 0.29) is 11.8 Å². The summed E-state index contributed by atoms with van der Waals surface area (Å²) in [6.07, 6.45) is 3.28. The van der Waals surface area contributed by atoms with Gasteiger partial charge in [-0.3, -0.25) is 9.59 Å². The van der Waals surface area contributed by atoms with Crippen molar-refractivity contribution in [3.05, 3.63) is 53.2 Å². The van der Waals surface area contributed by atoms with Crippen molar-refractivity contribution in [2.75, 3.05) is 17.7 Å². The number of fused-ring (bicyclic) bond motifs is 3. The number of carbonyl (C=O) groups excluding carboxylic acids is 2. The Morgan fingerprint density at radius 3 is 2.72 bits per heavy atom. The van der Waals surface area contributed by atoms with Crippen LogP contribution in [0.5, 0.6) is 5.75 Å². The van der Waals surface area contributed by atoms with Gasteiger partial charge in [0.05, 0.1) is 12.8 Å². The van der Waals surface area contributed by atoms with Crippen LogP contribution in [-0.4, -0.2) is 23.9 Å². The summed E-state index contributed by atoms with van der Waals surface area (Å²) in [4.78, 5) is 27.8. The largest absolute Gasteiger partial charge is 0.495 e. The van der Waals surface area contributed by atoms with Crippen molar-refractivity contribution in [2.24, 2.45) is 5.92 Å². The van der Waals surface area contributed by atoms with Crippen molar-refractivity contribution >= 4 is 34.1 Å². The summed E-state index contributed by atoms with van der Waals surface area (Å²) >= 11 is 0. The molecule has 0 saturated heterocycles. The summed E-state index contributed by atoms with van der Waals surface area (Å²) < 4.78 is 5.35. The minimum absolute atomic E-state index is 0.177. The standard InChI is InChI=1S/C23H25N3O3/c1-13-4-7-19-17(10-13)18-11-15(5-8-20(18)25-19)23(28)26-21-12-16(24-14(2)27)6-9-22(21)29-3/h5-6,8-9,11-13,25H,4,7,10H2,1-3H3,(H,24,27)(H,26,28)/t13-/m0/s1. The monoisotopic (exact) mass is 391 g/mol. The van der Waals surface area contributed by atoms with E-state index in [1.54, 1.807) is 25.3 Å². The van der Waals surface area contributed by atoms with Gasteiger partial charge >= 0.3 is 0 Å².